The van der Waals surface area contributed by atoms with E-state index in [1.807, 2.05) is 12.1 Å². The highest BCUT2D eigenvalue weighted by molar-refractivity contribution is 5.80. The lowest BCUT2D eigenvalue weighted by atomic mass is 10.2. The van der Waals surface area contributed by atoms with Crippen molar-refractivity contribution in [2.45, 2.75) is 40.2 Å². The predicted octanol–water partition coefficient (Wildman–Crippen LogP) is 3.56. The zero-order valence-corrected chi connectivity index (χ0v) is 12.2. The van der Waals surface area contributed by atoms with Crippen molar-refractivity contribution in [2.24, 2.45) is 0 Å². The zero-order chi connectivity index (χ0) is 13.7. The van der Waals surface area contributed by atoms with Crippen LogP contribution in [0.4, 0.5) is 0 Å². The summed E-state index contributed by atoms with van der Waals surface area (Å²) in [7, 11) is 0. The molecule has 0 N–H and O–H groups in total. The maximum Gasteiger partial charge on any atom is 0.143 e. The molecule has 0 bridgehead atoms. The molecule has 0 unspecified atom stereocenters. The summed E-state index contributed by atoms with van der Waals surface area (Å²) in [6.45, 7) is 9.58. The maximum absolute atomic E-state index is 4.69. The Hall–Kier alpha value is -1.48. The molecular formula is C16H23N3. The molecule has 0 saturated carbocycles. The molecule has 1 aromatic carbocycles. The van der Waals surface area contributed by atoms with Gasteiger partial charge in [-0.1, -0.05) is 32.0 Å². The van der Waals surface area contributed by atoms with E-state index in [2.05, 4.69) is 47.8 Å². The van der Waals surface area contributed by atoms with E-state index >= 15 is 0 Å². The van der Waals surface area contributed by atoms with Gasteiger partial charge in [-0.3, -0.25) is 4.90 Å². The Bertz CT molecular complexity index is 531. The van der Waals surface area contributed by atoms with Crippen molar-refractivity contribution < 1.29 is 0 Å². The summed E-state index contributed by atoms with van der Waals surface area (Å²) >= 11 is 0. The SMILES string of the molecule is CCCN(CCC)Cc1nc(C)c2ccccc2n1. The van der Waals surface area contributed by atoms with Crippen LogP contribution in [-0.4, -0.2) is 28.0 Å². The number of rotatable bonds is 6. The first-order valence-electron chi connectivity index (χ1n) is 7.19. The van der Waals surface area contributed by atoms with E-state index in [-0.39, 0.29) is 0 Å². The van der Waals surface area contributed by atoms with Gasteiger partial charge in [-0.25, -0.2) is 9.97 Å². The third-order valence-electron chi connectivity index (χ3n) is 3.28. The number of nitrogens with zero attached hydrogens (tertiary/aromatic N) is 3. The van der Waals surface area contributed by atoms with Crippen LogP contribution >= 0.6 is 0 Å². The van der Waals surface area contributed by atoms with Gasteiger partial charge in [0.2, 0.25) is 0 Å². The van der Waals surface area contributed by atoms with Crippen molar-refractivity contribution in [3.05, 3.63) is 35.8 Å². The average molecular weight is 257 g/mol. The van der Waals surface area contributed by atoms with E-state index in [0.717, 1.165) is 42.1 Å². The van der Waals surface area contributed by atoms with Gasteiger partial charge in [0.05, 0.1) is 12.1 Å². The molecule has 0 spiro atoms. The molecule has 0 atom stereocenters. The quantitative estimate of drug-likeness (QED) is 0.792. The van der Waals surface area contributed by atoms with E-state index < -0.39 is 0 Å². The van der Waals surface area contributed by atoms with Crippen LogP contribution in [0.15, 0.2) is 24.3 Å². The summed E-state index contributed by atoms with van der Waals surface area (Å²) in [5, 5.41) is 1.16. The first kappa shape index (κ1) is 13.9. The second kappa shape index (κ2) is 6.62. The van der Waals surface area contributed by atoms with Gasteiger partial charge >= 0.3 is 0 Å². The van der Waals surface area contributed by atoms with Crippen molar-refractivity contribution in [2.75, 3.05) is 13.1 Å². The maximum atomic E-state index is 4.69. The van der Waals surface area contributed by atoms with Gasteiger partial charge in [-0.15, -0.1) is 0 Å². The minimum atomic E-state index is 0.855. The molecule has 0 aliphatic rings. The smallest absolute Gasteiger partial charge is 0.143 e. The second-order valence-electron chi connectivity index (χ2n) is 5.02. The molecule has 0 fully saturated rings. The first-order chi connectivity index (χ1) is 9.24. The fourth-order valence-electron chi connectivity index (χ4n) is 2.47. The molecule has 0 aliphatic heterocycles. The molecule has 0 aliphatic carbocycles. The summed E-state index contributed by atoms with van der Waals surface area (Å²) in [5.41, 5.74) is 2.13. The third kappa shape index (κ3) is 3.51. The lowest BCUT2D eigenvalue weighted by molar-refractivity contribution is 0.260. The number of hydrogen-bond donors (Lipinski definition) is 0. The van der Waals surface area contributed by atoms with Gasteiger partial charge in [0.15, 0.2) is 0 Å². The average Bonchev–Trinajstić information content (AvgIpc) is 2.39. The number of benzene rings is 1. The molecule has 102 valence electrons. The molecule has 2 rings (SSSR count). The first-order valence-corrected chi connectivity index (χ1v) is 7.19. The molecule has 0 radical (unpaired) electrons. The molecule has 19 heavy (non-hydrogen) atoms. The van der Waals surface area contributed by atoms with E-state index in [1.165, 1.54) is 12.8 Å². The molecule has 3 heteroatoms. The van der Waals surface area contributed by atoms with Crippen molar-refractivity contribution in [3.63, 3.8) is 0 Å². The lowest BCUT2D eigenvalue weighted by Gasteiger charge is -2.20. The van der Waals surface area contributed by atoms with E-state index in [1.54, 1.807) is 0 Å². The van der Waals surface area contributed by atoms with Crippen molar-refractivity contribution >= 4 is 10.9 Å². The standard InChI is InChI=1S/C16H23N3/c1-4-10-19(11-5-2)12-16-17-13(3)14-8-6-7-9-15(14)18-16/h6-9H,4-5,10-12H2,1-3H3. The summed E-state index contributed by atoms with van der Waals surface area (Å²) in [4.78, 5) is 11.8. The number of aryl methyl sites for hydroxylation is 1. The largest absolute Gasteiger partial charge is 0.296 e. The van der Waals surface area contributed by atoms with Crippen LogP contribution in [-0.2, 0) is 6.54 Å². The lowest BCUT2D eigenvalue weighted by Crippen LogP contribution is -2.26. The number of aromatic nitrogens is 2. The summed E-state index contributed by atoms with van der Waals surface area (Å²) in [6, 6.07) is 8.23. The topological polar surface area (TPSA) is 29.0 Å². The Balaban J connectivity index is 2.24. The molecular weight excluding hydrogens is 234 g/mol. The highest BCUT2D eigenvalue weighted by Gasteiger charge is 2.08. The van der Waals surface area contributed by atoms with Crippen molar-refractivity contribution in [1.29, 1.82) is 0 Å². The molecule has 0 amide bonds. The number of hydrogen-bond acceptors (Lipinski definition) is 3. The zero-order valence-electron chi connectivity index (χ0n) is 12.2. The Morgan fingerprint density at radius 1 is 1.00 bits per heavy atom. The van der Waals surface area contributed by atoms with Crippen molar-refractivity contribution in [1.82, 2.24) is 14.9 Å². The van der Waals surface area contributed by atoms with Gasteiger partial charge in [-0.2, -0.15) is 0 Å². The van der Waals surface area contributed by atoms with Crippen LogP contribution in [0.5, 0.6) is 0 Å². The van der Waals surface area contributed by atoms with Gasteiger partial charge in [0, 0.05) is 11.1 Å². The highest BCUT2D eigenvalue weighted by atomic mass is 15.1. The minimum Gasteiger partial charge on any atom is -0.296 e. The highest BCUT2D eigenvalue weighted by Crippen LogP contribution is 2.15. The molecule has 1 aromatic heterocycles. The van der Waals surface area contributed by atoms with E-state index in [9.17, 15) is 0 Å². The monoisotopic (exact) mass is 257 g/mol. The predicted molar refractivity (Wildman–Crippen MR) is 80.1 cm³/mol. The Morgan fingerprint density at radius 3 is 2.37 bits per heavy atom. The molecule has 0 saturated heterocycles. The number of fused-ring (bicyclic) bond motifs is 1. The van der Waals surface area contributed by atoms with E-state index in [4.69, 9.17) is 0 Å². The Kier molecular flexibility index (Phi) is 4.86. The summed E-state index contributed by atoms with van der Waals surface area (Å²) in [6.07, 6.45) is 2.35. The summed E-state index contributed by atoms with van der Waals surface area (Å²) in [5.74, 6) is 0.943. The molecule has 2 aromatic rings. The normalized spacial score (nSPS) is 11.4. The van der Waals surface area contributed by atoms with Crippen LogP contribution in [0, 0.1) is 6.92 Å². The van der Waals surface area contributed by atoms with Crippen LogP contribution < -0.4 is 0 Å². The van der Waals surface area contributed by atoms with Crippen LogP contribution in [0.3, 0.4) is 0 Å². The van der Waals surface area contributed by atoms with Crippen LogP contribution in [0.2, 0.25) is 0 Å². The second-order valence-corrected chi connectivity index (χ2v) is 5.02. The van der Waals surface area contributed by atoms with Crippen molar-refractivity contribution in [3.8, 4) is 0 Å². The Labute approximate surface area is 115 Å². The van der Waals surface area contributed by atoms with Gasteiger partial charge in [0.25, 0.3) is 0 Å². The fraction of sp³-hybridized carbons (Fsp3) is 0.500. The molecule has 3 nitrogen and oxygen atoms in total. The Morgan fingerprint density at radius 2 is 1.68 bits per heavy atom. The van der Waals surface area contributed by atoms with Crippen LogP contribution in [0.25, 0.3) is 10.9 Å². The fourth-order valence-corrected chi connectivity index (χ4v) is 2.47. The van der Waals surface area contributed by atoms with Gasteiger partial charge in [-0.05, 0) is 38.9 Å². The van der Waals surface area contributed by atoms with Gasteiger partial charge < -0.3 is 0 Å². The third-order valence-corrected chi connectivity index (χ3v) is 3.28. The molecule has 1 heterocycles. The number of para-hydroxylation sites is 1. The van der Waals surface area contributed by atoms with Crippen LogP contribution in [0.1, 0.15) is 38.2 Å². The minimum absolute atomic E-state index is 0.855. The van der Waals surface area contributed by atoms with Gasteiger partial charge in [0.1, 0.15) is 5.82 Å². The summed E-state index contributed by atoms with van der Waals surface area (Å²) < 4.78 is 0. The van der Waals surface area contributed by atoms with E-state index in [0.29, 0.717) is 0 Å².